The van der Waals surface area contributed by atoms with Crippen molar-refractivity contribution in [1.29, 1.82) is 0 Å². The molecule has 2 aromatic carbocycles. The van der Waals surface area contributed by atoms with Gasteiger partial charge in [-0.05, 0) is 68.7 Å². The van der Waals surface area contributed by atoms with Gasteiger partial charge in [-0.25, -0.2) is 0 Å². The Kier molecular flexibility index (Phi) is 6.07. The zero-order valence-electron chi connectivity index (χ0n) is 17.8. The molecule has 1 aromatic heterocycles. The summed E-state index contributed by atoms with van der Waals surface area (Å²) >= 11 is 0. The van der Waals surface area contributed by atoms with E-state index in [-0.39, 0.29) is 17.6 Å². The first-order chi connectivity index (χ1) is 15.0. The fourth-order valence-corrected chi connectivity index (χ4v) is 3.90. The topological polar surface area (TPSA) is 75.2 Å². The van der Waals surface area contributed by atoms with E-state index in [4.69, 9.17) is 0 Å². The number of carbonyl (C=O) groups excluding carboxylic acids is 2. The first-order valence-corrected chi connectivity index (χ1v) is 10.6. The molecule has 4 rings (SSSR count). The lowest BCUT2D eigenvalue weighted by molar-refractivity contribution is -0.120. The van der Waals surface area contributed by atoms with Crippen LogP contribution in [0.15, 0.2) is 60.7 Å². The third kappa shape index (κ3) is 4.79. The summed E-state index contributed by atoms with van der Waals surface area (Å²) in [5, 5.41) is 11.8. The van der Waals surface area contributed by atoms with Crippen molar-refractivity contribution >= 4 is 23.2 Å². The molecule has 0 radical (unpaired) electrons. The average Bonchev–Trinajstić information content (AvgIpc) is 2.80. The van der Waals surface area contributed by atoms with Gasteiger partial charge in [-0.2, -0.15) is 0 Å². The summed E-state index contributed by atoms with van der Waals surface area (Å²) in [4.78, 5) is 26.2. The van der Waals surface area contributed by atoms with Crippen molar-refractivity contribution in [3.8, 4) is 11.3 Å². The number of Topliss-reactive ketones (excluding diaryl/α,β-unsaturated/α-hetero) is 1. The molecule has 158 valence electrons. The zero-order valence-corrected chi connectivity index (χ0v) is 17.8. The number of aryl methyl sites for hydroxylation is 1. The largest absolute Gasteiger partial charge is 0.355 e. The molecule has 1 aliphatic rings. The van der Waals surface area contributed by atoms with Crippen molar-refractivity contribution in [2.24, 2.45) is 5.92 Å². The number of amides is 1. The molecule has 0 atom stereocenters. The molecule has 1 fully saturated rings. The molecule has 0 aliphatic carbocycles. The lowest BCUT2D eigenvalue weighted by atomic mass is 9.95. The van der Waals surface area contributed by atoms with E-state index in [1.54, 1.807) is 24.3 Å². The van der Waals surface area contributed by atoms with E-state index < -0.39 is 0 Å². The number of nitrogens with one attached hydrogen (secondary N) is 1. The van der Waals surface area contributed by atoms with Gasteiger partial charge in [0.15, 0.2) is 11.6 Å². The molecule has 6 heteroatoms. The predicted molar refractivity (Wildman–Crippen MR) is 122 cm³/mol. The maximum absolute atomic E-state index is 12.6. The number of hydrogen-bond donors (Lipinski definition) is 1. The molecular weight excluding hydrogens is 388 g/mol. The minimum Gasteiger partial charge on any atom is -0.355 e. The minimum atomic E-state index is -0.0389. The Morgan fingerprint density at radius 1 is 0.935 bits per heavy atom. The molecule has 1 saturated heterocycles. The van der Waals surface area contributed by atoms with Gasteiger partial charge in [0.2, 0.25) is 5.91 Å². The number of aromatic nitrogens is 2. The molecule has 0 spiro atoms. The third-order valence-electron chi connectivity index (χ3n) is 5.82. The molecule has 1 N–H and O–H groups in total. The highest BCUT2D eigenvalue weighted by molar-refractivity contribution is 5.96. The van der Waals surface area contributed by atoms with Gasteiger partial charge in [-0.15, -0.1) is 10.2 Å². The van der Waals surface area contributed by atoms with Crippen molar-refractivity contribution in [2.75, 3.05) is 23.3 Å². The Balaban J connectivity index is 1.33. The average molecular weight is 415 g/mol. The number of anilines is 2. The molecule has 31 heavy (non-hydrogen) atoms. The Bertz CT molecular complexity index is 1070. The maximum Gasteiger partial charge on any atom is 0.227 e. The molecule has 2 heterocycles. The van der Waals surface area contributed by atoms with Crippen LogP contribution in [0, 0.1) is 12.8 Å². The monoisotopic (exact) mass is 414 g/mol. The summed E-state index contributed by atoms with van der Waals surface area (Å²) in [5.74, 6) is 0.843. The molecule has 3 aromatic rings. The van der Waals surface area contributed by atoms with Crippen molar-refractivity contribution in [1.82, 2.24) is 10.2 Å². The smallest absolute Gasteiger partial charge is 0.227 e. The summed E-state index contributed by atoms with van der Waals surface area (Å²) < 4.78 is 0. The second-order valence-corrected chi connectivity index (χ2v) is 7.98. The molecule has 1 amide bonds. The highest BCUT2D eigenvalue weighted by atomic mass is 16.2. The molecule has 0 bridgehead atoms. The SMILES string of the molecule is CC(=O)c1ccc(NC(=O)C2CCN(c3ccc(-c4ccccc4C)nn3)CC2)cc1. The maximum atomic E-state index is 12.6. The Labute approximate surface area is 182 Å². The highest BCUT2D eigenvalue weighted by Gasteiger charge is 2.26. The number of hydrogen-bond acceptors (Lipinski definition) is 5. The lowest BCUT2D eigenvalue weighted by Gasteiger charge is -2.31. The first-order valence-electron chi connectivity index (χ1n) is 10.6. The van der Waals surface area contributed by atoms with Crippen LogP contribution in [0.3, 0.4) is 0 Å². The van der Waals surface area contributed by atoms with Gasteiger partial charge in [0.05, 0.1) is 5.69 Å². The van der Waals surface area contributed by atoms with Gasteiger partial charge in [0.1, 0.15) is 0 Å². The van der Waals surface area contributed by atoms with Crippen molar-refractivity contribution < 1.29 is 9.59 Å². The zero-order chi connectivity index (χ0) is 21.8. The Morgan fingerprint density at radius 2 is 1.65 bits per heavy atom. The standard InChI is InChI=1S/C25H26N4O2/c1-17-5-3-4-6-22(17)23-11-12-24(28-27-23)29-15-13-20(14-16-29)25(31)26-21-9-7-19(8-10-21)18(2)30/h3-12,20H,13-16H2,1-2H3,(H,26,31). The minimum absolute atomic E-state index is 0.0142. The van der Waals surface area contributed by atoms with Crippen molar-refractivity contribution in [2.45, 2.75) is 26.7 Å². The van der Waals surface area contributed by atoms with Crippen LogP contribution in [-0.2, 0) is 4.79 Å². The number of benzene rings is 2. The van der Waals surface area contributed by atoms with E-state index in [0.717, 1.165) is 48.7 Å². The van der Waals surface area contributed by atoms with E-state index >= 15 is 0 Å². The van der Waals surface area contributed by atoms with Crippen LogP contribution in [0.5, 0.6) is 0 Å². The van der Waals surface area contributed by atoms with Crippen LogP contribution in [0.4, 0.5) is 11.5 Å². The fourth-order valence-electron chi connectivity index (χ4n) is 3.90. The van der Waals surface area contributed by atoms with Crippen molar-refractivity contribution in [3.63, 3.8) is 0 Å². The van der Waals surface area contributed by atoms with Crippen molar-refractivity contribution in [3.05, 3.63) is 71.8 Å². The number of rotatable bonds is 5. The molecular formula is C25H26N4O2. The summed E-state index contributed by atoms with van der Waals surface area (Å²) in [6, 6.07) is 19.2. The molecule has 0 unspecified atom stereocenters. The summed E-state index contributed by atoms with van der Waals surface area (Å²) in [6.45, 7) is 5.12. The molecule has 6 nitrogen and oxygen atoms in total. The first kappa shape index (κ1) is 20.7. The van der Waals surface area contributed by atoms with Crippen LogP contribution in [0.25, 0.3) is 11.3 Å². The fraction of sp³-hybridized carbons (Fsp3) is 0.280. The highest BCUT2D eigenvalue weighted by Crippen LogP contribution is 2.25. The summed E-state index contributed by atoms with van der Waals surface area (Å²) in [7, 11) is 0. The van der Waals surface area contributed by atoms with Gasteiger partial charge in [-0.1, -0.05) is 24.3 Å². The molecule has 1 aliphatic heterocycles. The van der Waals surface area contributed by atoms with Crippen LogP contribution >= 0.6 is 0 Å². The second kappa shape index (κ2) is 9.08. The number of piperidine rings is 1. The number of carbonyl (C=O) groups is 2. The van der Waals surface area contributed by atoms with Crippen LogP contribution in [0.1, 0.15) is 35.7 Å². The van der Waals surface area contributed by atoms with Crippen LogP contribution in [0.2, 0.25) is 0 Å². The summed E-state index contributed by atoms with van der Waals surface area (Å²) in [5.41, 5.74) is 4.49. The third-order valence-corrected chi connectivity index (χ3v) is 5.82. The van der Waals surface area contributed by atoms with Gasteiger partial charge >= 0.3 is 0 Å². The van der Waals surface area contributed by atoms with E-state index in [1.807, 2.05) is 24.3 Å². The Morgan fingerprint density at radius 3 is 2.26 bits per heavy atom. The number of ketones is 1. The van der Waals surface area contributed by atoms with E-state index in [9.17, 15) is 9.59 Å². The predicted octanol–water partition coefficient (Wildman–Crippen LogP) is 4.51. The summed E-state index contributed by atoms with van der Waals surface area (Å²) in [6.07, 6.45) is 1.52. The normalized spacial score (nSPS) is 14.3. The van der Waals surface area contributed by atoms with Crippen LogP contribution in [-0.4, -0.2) is 35.0 Å². The van der Waals surface area contributed by atoms with E-state index in [2.05, 4.69) is 39.5 Å². The second-order valence-electron chi connectivity index (χ2n) is 7.98. The Hall–Kier alpha value is -3.54. The van der Waals surface area contributed by atoms with Gasteiger partial charge in [0, 0.05) is 35.8 Å². The van der Waals surface area contributed by atoms with E-state index in [1.165, 1.54) is 12.5 Å². The molecule has 0 saturated carbocycles. The van der Waals surface area contributed by atoms with Gasteiger partial charge < -0.3 is 10.2 Å². The lowest BCUT2D eigenvalue weighted by Crippen LogP contribution is -2.38. The van der Waals surface area contributed by atoms with Gasteiger partial charge in [0.25, 0.3) is 0 Å². The quantitative estimate of drug-likeness (QED) is 0.622. The number of nitrogens with zero attached hydrogens (tertiary/aromatic N) is 3. The van der Waals surface area contributed by atoms with Gasteiger partial charge in [-0.3, -0.25) is 9.59 Å². The van der Waals surface area contributed by atoms with E-state index in [0.29, 0.717) is 5.56 Å². The van der Waals surface area contributed by atoms with Crippen LogP contribution < -0.4 is 10.2 Å².